The first-order chi connectivity index (χ1) is 10.0. The number of hydrogen-bond donors (Lipinski definition) is 1. The molecule has 110 valence electrons. The van der Waals surface area contributed by atoms with Crippen LogP contribution < -0.4 is 4.74 Å². The van der Waals surface area contributed by atoms with Gasteiger partial charge >= 0.3 is 5.97 Å². The summed E-state index contributed by atoms with van der Waals surface area (Å²) in [4.78, 5) is 11.4. The van der Waals surface area contributed by atoms with Gasteiger partial charge in [-0.1, -0.05) is 29.8 Å². The fourth-order valence-corrected chi connectivity index (χ4v) is 2.21. The van der Waals surface area contributed by atoms with Gasteiger partial charge in [0.05, 0.1) is 13.0 Å². The van der Waals surface area contributed by atoms with E-state index in [4.69, 9.17) is 16.3 Å². The number of aliphatic carboxylic acids is 1. The molecule has 2 aromatic rings. The largest absolute Gasteiger partial charge is 0.497 e. The monoisotopic (exact) mass is 308 g/mol. The minimum absolute atomic E-state index is 0.0623. The molecule has 0 amide bonds. The van der Waals surface area contributed by atoms with Crippen molar-refractivity contribution in [1.29, 1.82) is 0 Å². The van der Waals surface area contributed by atoms with E-state index in [9.17, 15) is 14.3 Å². The van der Waals surface area contributed by atoms with Crippen LogP contribution in [0.25, 0.3) is 0 Å². The molecule has 5 heteroatoms. The van der Waals surface area contributed by atoms with Crippen LogP contribution in [0.4, 0.5) is 4.39 Å². The molecule has 2 aromatic carbocycles. The van der Waals surface area contributed by atoms with Gasteiger partial charge in [-0.15, -0.1) is 0 Å². The molecule has 0 fully saturated rings. The van der Waals surface area contributed by atoms with Crippen molar-refractivity contribution in [3.05, 3.63) is 64.4 Å². The molecule has 0 aliphatic rings. The highest BCUT2D eigenvalue weighted by Gasteiger charge is 2.22. The maximum Gasteiger partial charge on any atom is 0.311 e. The Labute approximate surface area is 126 Å². The van der Waals surface area contributed by atoms with Crippen LogP contribution in [0.5, 0.6) is 5.75 Å². The fourth-order valence-electron chi connectivity index (χ4n) is 2.08. The molecule has 2 rings (SSSR count). The minimum atomic E-state index is -1.01. The van der Waals surface area contributed by atoms with Crippen molar-refractivity contribution in [3.8, 4) is 5.75 Å². The first kappa shape index (κ1) is 15.3. The van der Waals surface area contributed by atoms with E-state index in [0.29, 0.717) is 21.9 Å². The number of ether oxygens (including phenoxy) is 1. The average molecular weight is 309 g/mol. The lowest BCUT2D eigenvalue weighted by atomic mass is 9.92. The second-order valence-corrected chi connectivity index (χ2v) is 5.04. The van der Waals surface area contributed by atoms with Crippen LogP contribution in [0.2, 0.25) is 5.02 Å². The third-order valence-electron chi connectivity index (χ3n) is 3.25. The van der Waals surface area contributed by atoms with Crippen molar-refractivity contribution in [1.82, 2.24) is 0 Å². The zero-order valence-electron chi connectivity index (χ0n) is 11.3. The van der Waals surface area contributed by atoms with Crippen molar-refractivity contribution < 1.29 is 19.0 Å². The van der Waals surface area contributed by atoms with Crippen LogP contribution in [0.15, 0.2) is 42.5 Å². The van der Waals surface area contributed by atoms with Gasteiger partial charge in [0.1, 0.15) is 11.6 Å². The first-order valence-corrected chi connectivity index (χ1v) is 6.69. The Morgan fingerprint density at radius 3 is 2.48 bits per heavy atom. The molecule has 0 aliphatic carbocycles. The predicted molar refractivity (Wildman–Crippen MR) is 78.5 cm³/mol. The predicted octanol–water partition coefficient (Wildman–Crippen LogP) is 3.90. The maximum absolute atomic E-state index is 13.9. The van der Waals surface area contributed by atoms with Gasteiger partial charge in [-0.25, -0.2) is 4.39 Å². The molecule has 0 saturated carbocycles. The summed E-state index contributed by atoms with van der Waals surface area (Å²) in [5, 5.41) is 9.90. The summed E-state index contributed by atoms with van der Waals surface area (Å²) in [6.07, 6.45) is 0.0623. The highest BCUT2D eigenvalue weighted by atomic mass is 35.5. The SMILES string of the molecule is COc1ccc(CC(C(=O)O)c2ccc(Cl)cc2)c(F)c1. The van der Waals surface area contributed by atoms with Crippen LogP contribution in [0, 0.1) is 5.82 Å². The van der Waals surface area contributed by atoms with E-state index in [1.54, 1.807) is 36.4 Å². The van der Waals surface area contributed by atoms with Crippen LogP contribution in [0.1, 0.15) is 17.0 Å². The van der Waals surface area contributed by atoms with E-state index in [0.717, 1.165) is 0 Å². The van der Waals surface area contributed by atoms with Gasteiger partial charge in [0.15, 0.2) is 0 Å². The third-order valence-corrected chi connectivity index (χ3v) is 3.51. The maximum atomic E-state index is 13.9. The van der Waals surface area contributed by atoms with Gasteiger partial charge in [0.2, 0.25) is 0 Å². The number of halogens is 2. The number of rotatable bonds is 5. The lowest BCUT2D eigenvalue weighted by molar-refractivity contribution is -0.138. The van der Waals surface area contributed by atoms with Crippen LogP contribution in [0.3, 0.4) is 0 Å². The summed E-state index contributed by atoms with van der Waals surface area (Å²) >= 11 is 5.79. The molecule has 0 aliphatic heterocycles. The lowest BCUT2D eigenvalue weighted by Crippen LogP contribution is -2.15. The van der Waals surface area contributed by atoms with E-state index in [1.165, 1.54) is 13.2 Å². The zero-order valence-corrected chi connectivity index (χ0v) is 12.1. The molecule has 3 nitrogen and oxygen atoms in total. The van der Waals surface area contributed by atoms with E-state index in [2.05, 4.69) is 0 Å². The van der Waals surface area contributed by atoms with Crippen LogP contribution in [-0.2, 0) is 11.2 Å². The van der Waals surface area contributed by atoms with Gasteiger partial charge < -0.3 is 9.84 Å². The number of carbonyl (C=O) groups is 1. The van der Waals surface area contributed by atoms with Gasteiger partial charge in [0, 0.05) is 11.1 Å². The summed E-state index contributed by atoms with van der Waals surface area (Å²) in [6, 6.07) is 10.9. The van der Waals surface area contributed by atoms with Crippen molar-refractivity contribution in [2.75, 3.05) is 7.11 Å². The van der Waals surface area contributed by atoms with E-state index in [1.807, 2.05) is 0 Å². The van der Waals surface area contributed by atoms with Gasteiger partial charge in [-0.2, -0.15) is 0 Å². The molecular weight excluding hydrogens is 295 g/mol. The second kappa shape index (κ2) is 6.59. The van der Waals surface area contributed by atoms with Crippen molar-refractivity contribution in [2.24, 2.45) is 0 Å². The molecule has 1 N–H and O–H groups in total. The lowest BCUT2D eigenvalue weighted by Gasteiger charge is -2.14. The summed E-state index contributed by atoms with van der Waals surface area (Å²) in [6.45, 7) is 0. The van der Waals surface area contributed by atoms with Crippen LogP contribution in [-0.4, -0.2) is 18.2 Å². The zero-order chi connectivity index (χ0) is 15.4. The number of methoxy groups -OCH3 is 1. The molecule has 0 heterocycles. The topological polar surface area (TPSA) is 46.5 Å². The Morgan fingerprint density at radius 2 is 1.95 bits per heavy atom. The number of carboxylic acids is 1. The molecular formula is C16H14ClFO3. The molecule has 1 unspecified atom stereocenters. The van der Waals surface area contributed by atoms with E-state index in [-0.39, 0.29) is 6.42 Å². The highest BCUT2D eigenvalue weighted by molar-refractivity contribution is 6.30. The average Bonchev–Trinajstić information content (AvgIpc) is 2.46. The summed E-state index contributed by atoms with van der Waals surface area (Å²) in [5.74, 6) is -1.91. The normalized spacial score (nSPS) is 12.0. The second-order valence-electron chi connectivity index (χ2n) is 4.60. The molecule has 1 atom stereocenters. The number of hydrogen-bond acceptors (Lipinski definition) is 2. The standard InChI is InChI=1S/C16H14ClFO3/c1-21-13-7-4-11(15(18)9-13)8-14(16(19)20)10-2-5-12(17)6-3-10/h2-7,9,14H,8H2,1H3,(H,19,20). The molecule has 21 heavy (non-hydrogen) atoms. The number of carboxylic acid groups (broad SMARTS) is 1. The number of benzene rings is 2. The van der Waals surface area contributed by atoms with Crippen molar-refractivity contribution in [2.45, 2.75) is 12.3 Å². The first-order valence-electron chi connectivity index (χ1n) is 6.32. The quantitative estimate of drug-likeness (QED) is 0.911. The molecule has 0 aromatic heterocycles. The fraction of sp³-hybridized carbons (Fsp3) is 0.188. The van der Waals surface area contributed by atoms with Crippen LogP contribution >= 0.6 is 11.6 Å². The van der Waals surface area contributed by atoms with E-state index < -0.39 is 17.7 Å². The summed E-state index contributed by atoms with van der Waals surface area (Å²) in [5.41, 5.74) is 0.917. The molecule has 0 radical (unpaired) electrons. The Hall–Kier alpha value is -2.07. The van der Waals surface area contributed by atoms with Gasteiger partial charge in [-0.3, -0.25) is 4.79 Å². The smallest absolute Gasteiger partial charge is 0.311 e. The minimum Gasteiger partial charge on any atom is -0.497 e. The Kier molecular flexibility index (Phi) is 4.81. The Morgan fingerprint density at radius 1 is 1.29 bits per heavy atom. The van der Waals surface area contributed by atoms with Gasteiger partial charge in [0.25, 0.3) is 0 Å². The highest BCUT2D eigenvalue weighted by Crippen LogP contribution is 2.26. The molecule has 0 spiro atoms. The molecule has 0 saturated heterocycles. The van der Waals surface area contributed by atoms with Crippen molar-refractivity contribution >= 4 is 17.6 Å². The molecule has 0 bridgehead atoms. The van der Waals surface area contributed by atoms with E-state index >= 15 is 0 Å². The Bertz CT molecular complexity index is 640. The summed E-state index contributed by atoms with van der Waals surface area (Å²) in [7, 11) is 1.45. The summed E-state index contributed by atoms with van der Waals surface area (Å²) < 4.78 is 18.9. The Balaban J connectivity index is 2.28. The van der Waals surface area contributed by atoms with Crippen molar-refractivity contribution in [3.63, 3.8) is 0 Å². The van der Waals surface area contributed by atoms with Gasteiger partial charge in [-0.05, 0) is 35.7 Å². The third kappa shape index (κ3) is 3.73.